The fourth-order valence-corrected chi connectivity index (χ4v) is 3.55. The molecule has 3 aromatic rings. The zero-order chi connectivity index (χ0) is 19.2. The minimum Gasteiger partial charge on any atom is -0.504 e. The van der Waals surface area contributed by atoms with Gasteiger partial charge in [-0.3, -0.25) is 4.79 Å². The van der Waals surface area contributed by atoms with Crippen molar-refractivity contribution in [2.24, 2.45) is 5.10 Å². The molecule has 0 radical (unpaired) electrons. The van der Waals surface area contributed by atoms with E-state index in [2.05, 4.69) is 33.1 Å². The molecule has 7 nitrogen and oxygen atoms in total. The molecule has 0 aliphatic rings. The molecule has 0 bridgehead atoms. The predicted molar refractivity (Wildman–Crippen MR) is 105 cm³/mol. The number of nitrogens with zero attached hydrogens (tertiary/aromatic N) is 2. The Morgan fingerprint density at radius 1 is 1.37 bits per heavy atom. The van der Waals surface area contributed by atoms with Gasteiger partial charge >= 0.3 is 5.16 Å². The summed E-state index contributed by atoms with van der Waals surface area (Å²) in [6.07, 6.45) is 1.50. The highest BCUT2D eigenvalue weighted by molar-refractivity contribution is 7.99. The molecule has 140 valence electrons. The molecule has 0 fully saturated rings. The number of methoxy groups -OCH3 is 1. The number of amides is 1. The molecule has 0 unspecified atom stereocenters. The van der Waals surface area contributed by atoms with E-state index in [9.17, 15) is 9.90 Å². The van der Waals surface area contributed by atoms with Crippen LogP contribution in [0.3, 0.4) is 0 Å². The minimum absolute atomic E-state index is 0.0534. The van der Waals surface area contributed by atoms with E-state index in [-0.39, 0.29) is 17.4 Å². The van der Waals surface area contributed by atoms with E-state index in [0.717, 1.165) is 22.7 Å². The van der Waals surface area contributed by atoms with Crippen molar-refractivity contribution in [3.8, 4) is 11.5 Å². The second-order valence-electron chi connectivity index (χ2n) is 5.70. The summed E-state index contributed by atoms with van der Waals surface area (Å²) in [7, 11) is 1.47. The second kappa shape index (κ2) is 8.59. The topological polar surface area (TPSA) is 90.6 Å². The number of aromatic amines is 1. The lowest BCUT2D eigenvalue weighted by Crippen LogP contribution is -2.34. The molecule has 27 heavy (non-hydrogen) atoms. The maximum atomic E-state index is 12.1. The van der Waals surface area contributed by atoms with E-state index in [1.54, 1.807) is 12.1 Å². The number of aromatic nitrogens is 2. The summed E-state index contributed by atoms with van der Waals surface area (Å²) >= 11 is 1.43. The van der Waals surface area contributed by atoms with E-state index in [1.807, 2.05) is 18.2 Å². The third-order valence-electron chi connectivity index (χ3n) is 3.94. The molecule has 0 spiro atoms. The molecule has 1 amide bonds. The second-order valence-corrected chi connectivity index (χ2v) is 6.67. The average molecular weight is 385 g/mol. The van der Waals surface area contributed by atoms with Crippen molar-refractivity contribution in [1.82, 2.24) is 10.4 Å². The van der Waals surface area contributed by atoms with Gasteiger partial charge in [-0.1, -0.05) is 12.1 Å². The number of phenolic OH excluding ortho intramolecular Hbond substituents is 1. The molecule has 1 heterocycles. The van der Waals surface area contributed by atoms with Gasteiger partial charge in [-0.15, -0.1) is 0 Å². The standard InChI is InChI=1S/C19H20N4O3S/c1-3-23-15-7-5-4-6-14(15)21-19(23)27-12-18(25)22-20-11-13-8-9-16(24)17(10-13)26-2/h4-11H,3,12H2,1-2H3,(H2,20,22,24,25)/p+1. The number of nitrogens with one attached hydrogen (secondary N) is 2. The molecular weight excluding hydrogens is 364 g/mol. The van der Waals surface area contributed by atoms with Gasteiger partial charge < -0.3 is 9.84 Å². The number of benzene rings is 2. The first-order chi connectivity index (χ1) is 13.1. The Morgan fingerprint density at radius 3 is 2.96 bits per heavy atom. The highest BCUT2D eigenvalue weighted by atomic mass is 32.2. The Kier molecular flexibility index (Phi) is 5.97. The average Bonchev–Trinajstić information content (AvgIpc) is 3.05. The molecule has 0 saturated heterocycles. The number of hydrazone groups is 1. The predicted octanol–water partition coefficient (Wildman–Crippen LogP) is 2.43. The number of hydrogen-bond acceptors (Lipinski definition) is 5. The third-order valence-corrected chi connectivity index (χ3v) is 4.95. The van der Waals surface area contributed by atoms with Crippen molar-refractivity contribution in [3.05, 3.63) is 48.0 Å². The number of carbonyl (C=O) groups excluding carboxylic acids is 1. The Bertz CT molecular complexity index is 984. The molecule has 0 aliphatic carbocycles. The smallest absolute Gasteiger partial charge is 0.317 e. The maximum absolute atomic E-state index is 12.1. The Morgan fingerprint density at radius 2 is 2.19 bits per heavy atom. The van der Waals surface area contributed by atoms with Crippen molar-refractivity contribution in [1.29, 1.82) is 0 Å². The van der Waals surface area contributed by atoms with Gasteiger partial charge in [-0.25, -0.2) is 15.0 Å². The zero-order valence-corrected chi connectivity index (χ0v) is 15.9. The van der Waals surface area contributed by atoms with Crippen LogP contribution in [-0.4, -0.2) is 35.1 Å². The van der Waals surface area contributed by atoms with Crippen LogP contribution < -0.4 is 14.7 Å². The van der Waals surface area contributed by atoms with Crippen LogP contribution in [0.2, 0.25) is 0 Å². The number of para-hydroxylation sites is 2. The molecule has 0 aliphatic heterocycles. The molecule has 3 rings (SSSR count). The van der Waals surface area contributed by atoms with Gasteiger partial charge in [0.15, 0.2) is 22.5 Å². The fourth-order valence-electron chi connectivity index (χ4n) is 2.65. The number of carbonyl (C=O) groups is 1. The quantitative estimate of drug-likeness (QED) is 0.252. The monoisotopic (exact) mass is 385 g/mol. The lowest BCUT2D eigenvalue weighted by atomic mass is 10.2. The Balaban J connectivity index is 1.59. The molecule has 0 saturated carbocycles. The molecule has 2 aromatic carbocycles. The molecule has 0 atom stereocenters. The molecule has 3 N–H and O–H groups in total. The summed E-state index contributed by atoms with van der Waals surface area (Å²) in [6.45, 7) is 2.88. The minimum atomic E-state index is -0.205. The number of hydrogen-bond donors (Lipinski definition) is 3. The lowest BCUT2D eigenvalue weighted by Gasteiger charge is -2.03. The van der Waals surface area contributed by atoms with Gasteiger partial charge in [0.25, 0.3) is 5.91 Å². The Labute approximate surface area is 161 Å². The summed E-state index contributed by atoms with van der Waals surface area (Å²) in [4.78, 5) is 15.4. The number of ether oxygens (including phenoxy) is 1. The van der Waals surface area contributed by atoms with Crippen LogP contribution in [0.5, 0.6) is 11.5 Å². The molecule has 1 aromatic heterocycles. The highest BCUT2D eigenvalue weighted by Gasteiger charge is 2.18. The third kappa shape index (κ3) is 4.40. The van der Waals surface area contributed by atoms with E-state index >= 15 is 0 Å². The van der Waals surface area contributed by atoms with Crippen molar-refractivity contribution in [3.63, 3.8) is 0 Å². The number of H-pyrrole nitrogens is 1. The first-order valence-electron chi connectivity index (χ1n) is 8.44. The number of rotatable bonds is 7. The van der Waals surface area contributed by atoms with Gasteiger partial charge in [-0.05, 0) is 54.6 Å². The first kappa shape index (κ1) is 18.8. The van der Waals surface area contributed by atoms with E-state index in [0.29, 0.717) is 11.3 Å². The van der Waals surface area contributed by atoms with Gasteiger partial charge in [0, 0.05) is 0 Å². The molecular formula is C19H21N4O3S+. The van der Waals surface area contributed by atoms with Crippen LogP contribution >= 0.6 is 11.8 Å². The van der Waals surface area contributed by atoms with Crippen LogP contribution in [0.4, 0.5) is 0 Å². The molecule has 8 heteroatoms. The fraction of sp³-hybridized carbons (Fsp3) is 0.211. The number of imidazole rings is 1. The van der Waals surface area contributed by atoms with Crippen LogP contribution in [0, 0.1) is 0 Å². The van der Waals surface area contributed by atoms with E-state index in [1.165, 1.54) is 31.2 Å². The number of aryl methyl sites for hydroxylation is 1. The SMILES string of the molecule is CC[n+]1c(SCC(=O)NN=Cc2ccc(O)c(OC)c2)[nH]c2ccccc21. The van der Waals surface area contributed by atoms with Crippen LogP contribution in [0.1, 0.15) is 12.5 Å². The van der Waals surface area contributed by atoms with Crippen LogP contribution in [-0.2, 0) is 11.3 Å². The number of aromatic hydroxyl groups is 1. The van der Waals surface area contributed by atoms with Gasteiger partial charge in [0.05, 0.1) is 25.6 Å². The normalized spacial score (nSPS) is 11.2. The van der Waals surface area contributed by atoms with Crippen molar-refractivity contribution in [2.45, 2.75) is 18.6 Å². The van der Waals surface area contributed by atoms with Crippen molar-refractivity contribution >= 4 is 34.9 Å². The van der Waals surface area contributed by atoms with Gasteiger partial charge in [-0.2, -0.15) is 5.10 Å². The van der Waals surface area contributed by atoms with Gasteiger partial charge in [0.1, 0.15) is 0 Å². The largest absolute Gasteiger partial charge is 0.504 e. The number of phenols is 1. The number of thioether (sulfide) groups is 1. The van der Waals surface area contributed by atoms with Crippen molar-refractivity contribution < 1.29 is 19.2 Å². The summed E-state index contributed by atoms with van der Waals surface area (Å²) in [6, 6.07) is 12.9. The van der Waals surface area contributed by atoms with Gasteiger partial charge in [0.2, 0.25) is 0 Å². The van der Waals surface area contributed by atoms with Crippen LogP contribution in [0.25, 0.3) is 11.0 Å². The maximum Gasteiger partial charge on any atom is 0.317 e. The number of fused-ring (bicyclic) bond motifs is 1. The zero-order valence-electron chi connectivity index (χ0n) is 15.1. The van der Waals surface area contributed by atoms with E-state index < -0.39 is 0 Å². The summed E-state index contributed by atoms with van der Waals surface area (Å²) in [5.74, 6) is 0.438. The van der Waals surface area contributed by atoms with Crippen molar-refractivity contribution in [2.75, 3.05) is 12.9 Å². The first-order valence-corrected chi connectivity index (χ1v) is 9.43. The summed E-state index contributed by atoms with van der Waals surface area (Å²) in [5.41, 5.74) is 5.37. The van der Waals surface area contributed by atoms with Crippen LogP contribution in [0.15, 0.2) is 52.7 Å². The highest BCUT2D eigenvalue weighted by Crippen LogP contribution is 2.25. The lowest BCUT2D eigenvalue weighted by molar-refractivity contribution is -0.705. The summed E-state index contributed by atoms with van der Waals surface area (Å²) < 4.78 is 7.18. The summed E-state index contributed by atoms with van der Waals surface area (Å²) in [5, 5.41) is 14.5. The Hall–Kier alpha value is -3.00. The van der Waals surface area contributed by atoms with E-state index in [4.69, 9.17) is 4.74 Å².